The quantitative estimate of drug-likeness (QED) is 0.943. The number of para-hydroxylation sites is 1. The van der Waals surface area contributed by atoms with Gasteiger partial charge < -0.3 is 15.2 Å². The van der Waals surface area contributed by atoms with Crippen LogP contribution in [0, 0.1) is 13.8 Å². The second kappa shape index (κ2) is 5.72. The van der Waals surface area contributed by atoms with Crippen molar-refractivity contribution in [3.8, 4) is 11.5 Å². The van der Waals surface area contributed by atoms with Gasteiger partial charge in [0.1, 0.15) is 11.5 Å². The SMILES string of the molecule is Cc1cc(OC[C@H]2COc3ccccc32)cc(C)c1C(N)=O. The van der Waals surface area contributed by atoms with E-state index in [2.05, 4.69) is 6.07 Å². The van der Waals surface area contributed by atoms with E-state index in [0.717, 1.165) is 22.6 Å². The topological polar surface area (TPSA) is 61.6 Å². The van der Waals surface area contributed by atoms with Crippen LogP contribution in [-0.2, 0) is 0 Å². The van der Waals surface area contributed by atoms with Crippen LogP contribution in [-0.4, -0.2) is 19.1 Å². The standard InChI is InChI=1S/C18H19NO3/c1-11-7-14(8-12(2)17(11)18(19)20)21-9-13-10-22-16-6-4-3-5-15(13)16/h3-8,13H,9-10H2,1-2H3,(H2,19,20)/t13-/m0/s1. The summed E-state index contributed by atoms with van der Waals surface area (Å²) in [4.78, 5) is 11.4. The molecule has 114 valence electrons. The molecule has 1 amide bonds. The summed E-state index contributed by atoms with van der Waals surface area (Å²) in [6.45, 7) is 4.92. The van der Waals surface area contributed by atoms with E-state index in [1.54, 1.807) is 0 Å². The fourth-order valence-electron chi connectivity index (χ4n) is 2.96. The summed E-state index contributed by atoms with van der Waals surface area (Å²) in [6.07, 6.45) is 0. The lowest BCUT2D eigenvalue weighted by Gasteiger charge is -2.14. The van der Waals surface area contributed by atoms with E-state index in [4.69, 9.17) is 15.2 Å². The average molecular weight is 297 g/mol. The van der Waals surface area contributed by atoms with Crippen LogP contribution in [0.4, 0.5) is 0 Å². The molecule has 0 aliphatic carbocycles. The number of ether oxygens (including phenoxy) is 2. The monoisotopic (exact) mass is 297 g/mol. The molecule has 1 atom stereocenters. The van der Waals surface area contributed by atoms with Crippen molar-refractivity contribution in [2.24, 2.45) is 5.73 Å². The zero-order chi connectivity index (χ0) is 15.7. The summed E-state index contributed by atoms with van der Waals surface area (Å²) < 4.78 is 11.6. The molecule has 0 saturated carbocycles. The van der Waals surface area contributed by atoms with Crippen molar-refractivity contribution in [1.82, 2.24) is 0 Å². The van der Waals surface area contributed by atoms with Gasteiger partial charge in [-0.15, -0.1) is 0 Å². The zero-order valence-electron chi connectivity index (χ0n) is 12.8. The Morgan fingerprint density at radius 1 is 1.27 bits per heavy atom. The third-order valence-corrected chi connectivity index (χ3v) is 4.00. The van der Waals surface area contributed by atoms with Gasteiger partial charge in [0.2, 0.25) is 5.91 Å². The highest BCUT2D eigenvalue weighted by molar-refractivity contribution is 5.96. The van der Waals surface area contributed by atoms with Crippen molar-refractivity contribution in [1.29, 1.82) is 0 Å². The number of rotatable bonds is 4. The second-order valence-corrected chi connectivity index (χ2v) is 5.65. The Morgan fingerprint density at radius 2 is 1.95 bits per heavy atom. The third-order valence-electron chi connectivity index (χ3n) is 4.00. The van der Waals surface area contributed by atoms with E-state index in [9.17, 15) is 4.79 Å². The molecule has 2 aromatic carbocycles. The van der Waals surface area contributed by atoms with Crippen LogP contribution < -0.4 is 15.2 Å². The largest absolute Gasteiger partial charge is 0.493 e. The van der Waals surface area contributed by atoms with Gasteiger partial charge in [0, 0.05) is 11.1 Å². The minimum Gasteiger partial charge on any atom is -0.493 e. The summed E-state index contributed by atoms with van der Waals surface area (Å²) in [5.74, 6) is 1.52. The Hall–Kier alpha value is -2.49. The first-order chi connectivity index (χ1) is 10.6. The number of carbonyl (C=O) groups excluding carboxylic acids is 1. The molecule has 1 aliphatic heterocycles. The minimum atomic E-state index is -0.403. The summed E-state index contributed by atoms with van der Waals surface area (Å²) in [5.41, 5.74) is 8.83. The maximum Gasteiger partial charge on any atom is 0.249 e. The summed E-state index contributed by atoms with van der Waals surface area (Å²) in [7, 11) is 0. The molecule has 1 aliphatic rings. The van der Waals surface area contributed by atoms with E-state index in [-0.39, 0.29) is 5.92 Å². The second-order valence-electron chi connectivity index (χ2n) is 5.65. The van der Waals surface area contributed by atoms with E-state index in [1.807, 2.05) is 44.2 Å². The molecule has 2 N–H and O–H groups in total. The number of hydrogen-bond acceptors (Lipinski definition) is 3. The molecule has 0 saturated heterocycles. The highest BCUT2D eigenvalue weighted by Gasteiger charge is 2.24. The van der Waals surface area contributed by atoms with Gasteiger partial charge in [-0.1, -0.05) is 18.2 Å². The normalized spacial score (nSPS) is 16.0. The smallest absolute Gasteiger partial charge is 0.249 e. The Balaban J connectivity index is 1.74. The highest BCUT2D eigenvalue weighted by atomic mass is 16.5. The molecule has 22 heavy (non-hydrogen) atoms. The molecule has 0 aromatic heterocycles. The van der Waals surface area contributed by atoms with E-state index in [1.165, 1.54) is 5.56 Å². The molecule has 4 nitrogen and oxygen atoms in total. The number of benzene rings is 2. The maximum absolute atomic E-state index is 11.4. The van der Waals surface area contributed by atoms with Crippen LogP contribution in [0.5, 0.6) is 11.5 Å². The molecule has 0 radical (unpaired) electrons. The van der Waals surface area contributed by atoms with Gasteiger partial charge in [0.05, 0.1) is 19.1 Å². The number of aryl methyl sites for hydroxylation is 2. The molecule has 0 spiro atoms. The first kappa shape index (κ1) is 14.4. The van der Waals surface area contributed by atoms with Crippen LogP contribution in [0.15, 0.2) is 36.4 Å². The van der Waals surface area contributed by atoms with Crippen molar-refractivity contribution in [3.63, 3.8) is 0 Å². The Kier molecular flexibility index (Phi) is 3.75. The fourth-order valence-corrected chi connectivity index (χ4v) is 2.96. The van der Waals surface area contributed by atoms with Crippen molar-refractivity contribution >= 4 is 5.91 Å². The molecule has 0 bridgehead atoms. The number of nitrogens with two attached hydrogens (primary N) is 1. The lowest BCUT2D eigenvalue weighted by atomic mass is 10.0. The third kappa shape index (κ3) is 2.64. The molecule has 4 heteroatoms. The Bertz CT molecular complexity index is 701. The summed E-state index contributed by atoms with van der Waals surface area (Å²) in [6, 6.07) is 11.7. The van der Waals surface area contributed by atoms with Crippen LogP contribution in [0.3, 0.4) is 0 Å². The van der Waals surface area contributed by atoms with E-state index in [0.29, 0.717) is 18.8 Å². The zero-order valence-corrected chi connectivity index (χ0v) is 12.8. The van der Waals surface area contributed by atoms with Gasteiger partial charge >= 0.3 is 0 Å². The highest BCUT2D eigenvalue weighted by Crippen LogP contribution is 2.34. The fraction of sp³-hybridized carbons (Fsp3) is 0.278. The summed E-state index contributed by atoms with van der Waals surface area (Å²) >= 11 is 0. The predicted octanol–water partition coefficient (Wildman–Crippen LogP) is 2.96. The Morgan fingerprint density at radius 3 is 2.64 bits per heavy atom. The number of carbonyl (C=O) groups is 1. The molecule has 3 rings (SSSR count). The molecule has 2 aromatic rings. The lowest BCUT2D eigenvalue weighted by Crippen LogP contribution is -2.15. The van der Waals surface area contributed by atoms with Gasteiger partial charge in [-0.3, -0.25) is 4.79 Å². The molecular weight excluding hydrogens is 278 g/mol. The van der Waals surface area contributed by atoms with Crippen molar-refractivity contribution in [2.45, 2.75) is 19.8 Å². The van der Waals surface area contributed by atoms with Crippen LogP contribution in [0.2, 0.25) is 0 Å². The molecule has 0 unspecified atom stereocenters. The van der Waals surface area contributed by atoms with Gasteiger partial charge in [-0.25, -0.2) is 0 Å². The number of hydrogen-bond donors (Lipinski definition) is 1. The lowest BCUT2D eigenvalue weighted by molar-refractivity contribution is 0.0999. The van der Waals surface area contributed by atoms with Crippen LogP contribution >= 0.6 is 0 Å². The van der Waals surface area contributed by atoms with Gasteiger partial charge in [0.25, 0.3) is 0 Å². The molecular formula is C18H19NO3. The van der Waals surface area contributed by atoms with Gasteiger partial charge in [0.15, 0.2) is 0 Å². The molecule has 0 fully saturated rings. The van der Waals surface area contributed by atoms with Crippen molar-refractivity contribution < 1.29 is 14.3 Å². The number of amides is 1. The molecule has 1 heterocycles. The average Bonchev–Trinajstić information content (AvgIpc) is 2.87. The first-order valence-corrected chi connectivity index (χ1v) is 7.32. The van der Waals surface area contributed by atoms with Crippen molar-refractivity contribution in [3.05, 3.63) is 58.7 Å². The summed E-state index contributed by atoms with van der Waals surface area (Å²) in [5, 5.41) is 0. The van der Waals surface area contributed by atoms with Crippen LogP contribution in [0.1, 0.15) is 33.0 Å². The van der Waals surface area contributed by atoms with E-state index >= 15 is 0 Å². The Labute approximate surface area is 129 Å². The van der Waals surface area contributed by atoms with Crippen LogP contribution in [0.25, 0.3) is 0 Å². The number of primary amides is 1. The predicted molar refractivity (Wildman–Crippen MR) is 84.6 cm³/mol. The maximum atomic E-state index is 11.4. The van der Waals surface area contributed by atoms with Gasteiger partial charge in [-0.05, 0) is 43.2 Å². The van der Waals surface area contributed by atoms with E-state index < -0.39 is 5.91 Å². The van der Waals surface area contributed by atoms with Crippen molar-refractivity contribution in [2.75, 3.05) is 13.2 Å². The first-order valence-electron chi connectivity index (χ1n) is 7.32. The minimum absolute atomic E-state index is 0.229. The number of fused-ring (bicyclic) bond motifs is 1. The van der Waals surface area contributed by atoms with Gasteiger partial charge in [-0.2, -0.15) is 0 Å².